The summed E-state index contributed by atoms with van der Waals surface area (Å²) in [5.74, 6) is 0. The minimum absolute atomic E-state index is 0.00942. The van der Waals surface area contributed by atoms with Crippen LogP contribution in [0.3, 0.4) is 0 Å². The average molecular weight is 1110 g/mol. The van der Waals surface area contributed by atoms with Gasteiger partial charge in [0.05, 0.1) is 16.7 Å². The van der Waals surface area contributed by atoms with Crippen LogP contribution in [-0.2, 0) is 17.3 Å². The largest absolute Gasteiger partial charge is 0.422 e. The van der Waals surface area contributed by atoms with E-state index in [4.69, 9.17) is 13.3 Å². The van der Waals surface area contributed by atoms with Crippen molar-refractivity contribution in [1.82, 2.24) is 0 Å². The van der Waals surface area contributed by atoms with E-state index in [1.165, 1.54) is 11.1 Å². The molecule has 0 amide bonds. The molecule has 10 heteroatoms. The third-order valence-corrected chi connectivity index (χ3v) is 18.9. The number of nitrogens with zero attached hydrogens (tertiary/aromatic N) is 1. The number of fused-ring (bicyclic) bond motifs is 9. The minimum Gasteiger partial charge on any atom is -0.422 e. The molecule has 13 aromatic rings. The number of nitrogens with one attached hydrogen (secondary N) is 1. The van der Waals surface area contributed by atoms with Crippen molar-refractivity contribution in [2.24, 2.45) is 0 Å². The molecule has 402 valence electrons. The molecule has 8 aromatic carbocycles. The predicted octanol–water partition coefficient (Wildman–Crippen LogP) is 19.2. The Bertz CT molecular complexity index is 4900. The molecule has 0 bridgehead atoms. The summed E-state index contributed by atoms with van der Waals surface area (Å²) >= 11 is 3.30. The van der Waals surface area contributed by atoms with Gasteiger partial charge in [-0.2, -0.15) is 0 Å². The first kappa shape index (κ1) is 51.1. The molecule has 0 unspecified atom stereocenters. The van der Waals surface area contributed by atoms with Gasteiger partial charge in [0.2, 0.25) is 0 Å². The van der Waals surface area contributed by atoms with Crippen LogP contribution in [0.1, 0.15) is 64.7 Å². The Kier molecular flexibility index (Phi) is 12.2. The van der Waals surface area contributed by atoms with Crippen LogP contribution in [-0.4, -0.2) is 6.54 Å². The summed E-state index contributed by atoms with van der Waals surface area (Å²) in [6.45, 7) is 14.1. The predicted molar refractivity (Wildman–Crippen MR) is 341 cm³/mol. The lowest BCUT2D eigenvalue weighted by molar-refractivity contribution is 0.468. The van der Waals surface area contributed by atoms with Gasteiger partial charge in [0.15, 0.2) is 0 Å². The normalized spacial score (nSPS) is 13.3. The Hall–Kier alpha value is -9.09. The molecule has 1 aliphatic heterocycles. The second-order valence-electron chi connectivity index (χ2n) is 23.2. The number of hydrogen-bond donors (Lipinski definition) is 1. The van der Waals surface area contributed by atoms with Gasteiger partial charge in [-0.15, -0.1) is 22.7 Å². The lowest BCUT2D eigenvalue weighted by Crippen LogP contribution is -2.28. The summed E-state index contributed by atoms with van der Waals surface area (Å²) in [6.07, 6.45) is 1.89. The standard InChI is InChI=1S/C72H56N2O6S2/c1-7-41-8-25-52-45(36-41)16-28-60-56(52)39-54(68(75)78-60)42-9-19-49(20-10-42)74(50-21-11-43(12-22-50)55-40-57-53-26-18-48(71(2,3)4)37-46(53)17-29-61(57)79-69(55)76)51-23-13-44(14-24-51)62-30-32-64(81-62)65-33-31-63(82-65)58-38-47-15-27-59-66(67(47)80-70(58)77)72(5,6)34-35-73-59/h8-33,36-40,73H,7,34-35H2,1-6H3. The van der Waals surface area contributed by atoms with E-state index in [9.17, 15) is 14.4 Å². The fraction of sp³-hybridized carbons (Fsp3) is 0.153. The summed E-state index contributed by atoms with van der Waals surface area (Å²) in [6, 6.07) is 63.7. The fourth-order valence-corrected chi connectivity index (χ4v) is 14.0. The SMILES string of the molecule is CCc1ccc2c(ccc3oc(=O)c(-c4ccc(N(c5ccc(-c6ccc(-c7ccc(-c8cc9ccc%10c(c9oc8=O)C(C)(C)CCN%10)s7)s6)cc5)c5ccc(-c6cc7c(ccc8cc(C(C)(C)C)ccc87)oc6=O)cc5)cc4)cc32)c1. The fourth-order valence-electron chi connectivity index (χ4n) is 11.9. The van der Waals surface area contributed by atoms with E-state index in [0.29, 0.717) is 33.4 Å². The molecule has 0 radical (unpaired) electrons. The van der Waals surface area contributed by atoms with Crippen molar-refractivity contribution >= 4 is 99.9 Å². The number of hydrogen-bond acceptors (Lipinski definition) is 10. The third kappa shape index (κ3) is 8.94. The van der Waals surface area contributed by atoms with Crippen LogP contribution in [0, 0.1) is 0 Å². The molecule has 1 N–H and O–H groups in total. The van der Waals surface area contributed by atoms with Crippen LogP contribution in [0.4, 0.5) is 22.7 Å². The molecule has 8 nitrogen and oxygen atoms in total. The van der Waals surface area contributed by atoms with E-state index < -0.39 is 11.3 Å². The first-order valence-corrected chi connectivity index (χ1v) is 29.5. The first-order chi connectivity index (χ1) is 39.6. The highest BCUT2D eigenvalue weighted by molar-refractivity contribution is 7.25. The van der Waals surface area contributed by atoms with Crippen LogP contribution >= 0.6 is 22.7 Å². The molecule has 0 atom stereocenters. The molecular weight excluding hydrogens is 1050 g/mol. The molecule has 6 heterocycles. The molecule has 14 rings (SSSR count). The van der Waals surface area contributed by atoms with Gasteiger partial charge in [-0.3, -0.25) is 0 Å². The lowest BCUT2D eigenvalue weighted by atomic mass is 9.77. The van der Waals surface area contributed by atoms with E-state index in [0.717, 1.165) is 122 Å². The quantitative estimate of drug-likeness (QED) is 0.113. The van der Waals surface area contributed by atoms with Crippen molar-refractivity contribution in [3.63, 3.8) is 0 Å². The highest BCUT2D eigenvalue weighted by Crippen LogP contribution is 2.45. The van der Waals surface area contributed by atoms with E-state index >= 15 is 0 Å². The molecule has 0 fully saturated rings. The van der Waals surface area contributed by atoms with Crippen molar-refractivity contribution in [3.05, 3.63) is 236 Å². The number of aryl methyl sites for hydroxylation is 1. The van der Waals surface area contributed by atoms with Gasteiger partial charge < -0.3 is 23.5 Å². The summed E-state index contributed by atoms with van der Waals surface area (Å²) in [4.78, 5) is 47.4. The zero-order valence-corrected chi connectivity index (χ0v) is 47.9. The van der Waals surface area contributed by atoms with Crippen LogP contribution in [0.25, 0.3) is 107 Å². The van der Waals surface area contributed by atoms with Gasteiger partial charge in [-0.05, 0) is 176 Å². The lowest BCUT2D eigenvalue weighted by Gasteiger charge is -2.33. The summed E-state index contributed by atoms with van der Waals surface area (Å²) in [7, 11) is 0. The Morgan fingerprint density at radius 1 is 0.488 bits per heavy atom. The second kappa shape index (κ2) is 19.6. The minimum atomic E-state index is -0.403. The number of benzene rings is 8. The second-order valence-corrected chi connectivity index (χ2v) is 25.3. The zero-order valence-electron chi connectivity index (χ0n) is 46.2. The number of rotatable bonds is 9. The zero-order chi connectivity index (χ0) is 56.2. The first-order valence-electron chi connectivity index (χ1n) is 27.8. The van der Waals surface area contributed by atoms with E-state index in [1.54, 1.807) is 22.7 Å². The maximum Gasteiger partial charge on any atom is 0.345 e. The van der Waals surface area contributed by atoms with Gasteiger partial charge in [0.1, 0.15) is 16.7 Å². The van der Waals surface area contributed by atoms with Crippen molar-refractivity contribution in [1.29, 1.82) is 0 Å². The Labute approximate surface area is 481 Å². The van der Waals surface area contributed by atoms with Crippen LogP contribution in [0.15, 0.2) is 216 Å². The van der Waals surface area contributed by atoms with Crippen LogP contribution < -0.4 is 27.1 Å². The summed E-state index contributed by atoms with van der Waals surface area (Å²) < 4.78 is 18.1. The molecular formula is C72H56N2O6S2. The summed E-state index contributed by atoms with van der Waals surface area (Å²) in [5.41, 5.74) is 11.8. The van der Waals surface area contributed by atoms with Gasteiger partial charge in [0, 0.05) is 70.5 Å². The Morgan fingerprint density at radius 2 is 1.00 bits per heavy atom. The maximum absolute atomic E-state index is 13.7. The number of anilines is 4. The smallest absolute Gasteiger partial charge is 0.345 e. The van der Waals surface area contributed by atoms with Crippen molar-refractivity contribution in [2.45, 2.75) is 65.2 Å². The highest BCUT2D eigenvalue weighted by atomic mass is 32.1. The van der Waals surface area contributed by atoms with Gasteiger partial charge in [0.25, 0.3) is 0 Å². The monoisotopic (exact) mass is 1110 g/mol. The number of thiophene rings is 2. The molecule has 0 saturated carbocycles. The molecule has 5 aromatic heterocycles. The van der Waals surface area contributed by atoms with Gasteiger partial charge >= 0.3 is 16.9 Å². The Morgan fingerprint density at radius 3 is 1.59 bits per heavy atom. The van der Waals surface area contributed by atoms with Crippen molar-refractivity contribution < 1.29 is 13.3 Å². The van der Waals surface area contributed by atoms with E-state index in [-0.39, 0.29) is 16.5 Å². The third-order valence-electron chi connectivity index (χ3n) is 16.5. The topological polar surface area (TPSA) is 106 Å². The van der Waals surface area contributed by atoms with Gasteiger partial charge in [-0.25, -0.2) is 14.4 Å². The highest BCUT2D eigenvalue weighted by Gasteiger charge is 2.31. The molecule has 82 heavy (non-hydrogen) atoms. The van der Waals surface area contributed by atoms with E-state index in [1.807, 2.05) is 103 Å². The molecule has 0 aliphatic carbocycles. The molecule has 1 aliphatic rings. The molecule has 0 saturated heterocycles. The molecule has 0 spiro atoms. The van der Waals surface area contributed by atoms with Crippen LogP contribution in [0.5, 0.6) is 0 Å². The van der Waals surface area contributed by atoms with Crippen LogP contribution in [0.2, 0.25) is 0 Å². The van der Waals surface area contributed by atoms with Crippen molar-refractivity contribution in [3.8, 4) is 52.9 Å². The van der Waals surface area contributed by atoms with E-state index in [2.05, 4.69) is 137 Å². The van der Waals surface area contributed by atoms with Gasteiger partial charge in [-0.1, -0.05) is 126 Å². The summed E-state index contributed by atoms with van der Waals surface area (Å²) in [5, 5.41) is 10.4. The van der Waals surface area contributed by atoms with Crippen molar-refractivity contribution in [2.75, 3.05) is 16.8 Å². The average Bonchev–Trinajstić information content (AvgIpc) is 4.35. The maximum atomic E-state index is 13.7. The Balaban J connectivity index is 0.798.